The first kappa shape index (κ1) is 24.8. The molecule has 0 unspecified atom stereocenters. The Balaban J connectivity index is 1.38. The van der Waals surface area contributed by atoms with Crippen LogP contribution in [0.5, 0.6) is 5.75 Å². The van der Waals surface area contributed by atoms with E-state index in [1.165, 1.54) is 89.0 Å². The van der Waals surface area contributed by atoms with Crippen LogP contribution in [0.2, 0.25) is 0 Å². The molecule has 1 aromatic carbocycles. The van der Waals surface area contributed by atoms with E-state index in [4.69, 9.17) is 9.72 Å². The minimum Gasteiger partial charge on any atom is -0.494 e. The Bertz CT molecular complexity index is 728. The van der Waals surface area contributed by atoms with Crippen molar-refractivity contribution in [2.24, 2.45) is 11.8 Å². The number of ether oxygens (including phenoxy) is 1. The van der Waals surface area contributed by atoms with E-state index in [1.807, 2.05) is 0 Å². The van der Waals surface area contributed by atoms with E-state index in [1.54, 1.807) is 0 Å². The highest BCUT2D eigenvalue weighted by atomic mass is 16.5. The molecule has 0 N–H and O–H groups in total. The normalized spacial score (nSPS) is 18.6. The summed E-state index contributed by atoms with van der Waals surface area (Å²) >= 11 is 0. The fraction of sp³-hybridized carbons (Fsp3) is 0.633. The third-order valence-corrected chi connectivity index (χ3v) is 7.26. The lowest BCUT2D eigenvalue weighted by Gasteiger charge is -2.28. The molecule has 3 rings (SSSR count). The lowest BCUT2D eigenvalue weighted by Crippen LogP contribution is -2.15. The Labute approximate surface area is 197 Å². The van der Waals surface area contributed by atoms with Gasteiger partial charge >= 0.3 is 0 Å². The van der Waals surface area contributed by atoms with Crippen LogP contribution >= 0.6 is 0 Å². The summed E-state index contributed by atoms with van der Waals surface area (Å²) in [5.41, 5.74) is 3.60. The fourth-order valence-electron chi connectivity index (χ4n) is 5.05. The highest BCUT2D eigenvalue weighted by molar-refractivity contribution is 5.60. The molecule has 0 saturated heterocycles. The van der Waals surface area contributed by atoms with Crippen molar-refractivity contribution in [1.29, 1.82) is 0 Å². The minimum atomic E-state index is 0.812. The zero-order valence-electron chi connectivity index (χ0n) is 20.7. The quantitative estimate of drug-likeness (QED) is 0.276. The van der Waals surface area contributed by atoms with Crippen LogP contribution in [-0.2, 0) is 6.42 Å². The first-order chi connectivity index (χ1) is 15.8. The molecule has 0 aliphatic heterocycles. The van der Waals surface area contributed by atoms with E-state index in [0.29, 0.717) is 0 Å². The third-order valence-electron chi connectivity index (χ3n) is 7.26. The summed E-state index contributed by atoms with van der Waals surface area (Å²) in [5, 5.41) is 0. The lowest BCUT2D eigenvalue weighted by molar-refractivity contribution is 0.249. The summed E-state index contributed by atoms with van der Waals surface area (Å²) in [6.45, 7) is 5.36. The average Bonchev–Trinajstić information content (AvgIpc) is 2.84. The number of hydrogen-bond acceptors (Lipinski definition) is 2. The van der Waals surface area contributed by atoms with Gasteiger partial charge in [0.05, 0.1) is 12.3 Å². The maximum Gasteiger partial charge on any atom is 0.119 e. The van der Waals surface area contributed by atoms with E-state index in [9.17, 15) is 0 Å². The number of hydrogen-bond donors (Lipinski definition) is 0. The Morgan fingerprint density at radius 1 is 0.750 bits per heavy atom. The molecule has 2 aromatic rings. The summed E-state index contributed by atoms with van der Waals surface area (Å²) in [6, 6.07) is 12.9. The molecule has 0 radical (unpaired) electrons. The van der Waals surface area contributed by atoms with Crippen molar-refractivity contribution in [1.82, 2.24) is 4.98 Å². The number of aromatic nitrogens is 1. The van der Waals surface area contributed by atoms with Crippen molar-refractivity contribution in [3.63, 3.8) is 0 Å². The summed E-state index contributed by atoms with van der Waals surface area (Å²) < 4.78 is 5.86. The molecular formula is C30H45NO. The zero-order chi connectivity index (χ0) is 22.4. The van der Waals surface area contributed by atoms with Gasteiger partial charge in [0.2, 0.25) is 0 Å². The summed E-state index contributed by atoms with van der Waals surface area (Å²) in [4.78, 5) is 4.75. The van der Waals surface area contributed by atoms with Crippen molar-refractivity contribution in [3.05, 3.63) is 48.2 Å². The molecule has 1 fully saturated rings. The van der Waals surface area contributed by atoms with E-state index < -0.39 is 0 Å². The third kappa shape index (κ3) is 8.60. The molecule has 1 saturated carbocycles. The largest absolute Gasteiger partial charge is 0.494 e. The van der Waals surface area contributed by atoms with Crippen LogP contribution in [0.15, 0.2) is 42.6 Å². The number of benzene rings is 1. The van der Waals surface area contributed by atoms with Gasteiger partial charge in [0.25, 0.3) is 0 Å². The highest BCUT2D eigenvalue weighted by Crippen LogP contribution is 2.34. The second kappa shape index (κ2) is 14.3. The molecule has 0 spiro atoms. The molecular weight excluding hydrogens is 390 g/mol. The molecule has 2 heteroatoms. The van der Waals surface area contributed by atoms with Gasteiger partial charge in [-0.15, -0.1) is 0 Å². The lowest BCUT2D eigenvalue weighted by atomic mass is 9.78. The number of nitrogens with zero attached hydrogens (tertiary/aromatic N) is 1. The van der Waals surface area contributed by atoms with Gasteiger partial charge in [-0.2, -0.15) is 0 Å². The van der Waals surface area contributed by atoms with Crippen molar-refractivity contribution >= 4 is 0 Å². The predicted octanol–water partition coefficient (Wildman–Crippen LogP) is 9.03. The van der Waals surface area contributed by atoms with Crippen LogP contribution < -0.4 is 4.74 Å². The van der Waals surface area contributed by atoms with E-state index in [-0.39, 0.29) is 0 Å². The monoisotopic (exact) mass is 435 g/mol. The molecule has 1 heterocycles. The van der Waals surface area contributed by atoms with Crippen molar-refractivity contribution in [3.8, 4) is 17.0 Å². The first-order valence-corrected chi connectivity index (χ1v) is 13.5. The van der Waals surface area contributed by atoms with Crippen LogP contribution in [0.3, 0.4) is 0 Å². The van der Waals surface area contributed by atoms with Gasteiger partial charge in [0.1, 0.15) is 5.75 Å². The topological polar surface area (TPSA) is 22.1 Å². The van der Waals surface area contributed by atoms with Gasteiger partial charge in [0.15, 0.2) is 0 Å². The predicted molar refractivity (Wildman–Crippen MR) is 137 cm³/mol. The van der Waals surface area contributed by atoms with Gasteiger partial charge in [0, 0.05) is 11.8 Å². The van der Waals surface area contributed by atoms with E-state index in [2.05, 4.69) is 56.4 Å². The summed E-state index contributed by atoms with van der Waals surface area (Å²) in [5.74, 6) is 2.89. The Morgan fingerprint density at radius 2 is 1.44 bits per heavy atom. The van der Waals surface area contributed by atoms with Gasteiger partial charge in [-0.1, -0.05) is 90.5 Å². The molecule has 1 aliphatic carbocycles. The second-order valence-electron chi connectivity index (χ2n) is 9.91. The maximum atomic E-state index is 5.86. The molecule has 32 heavy (non-hydrogen) atoms. The van der Waals surface area contributed by atoms with Gasteiger partial charge < -0.3 is 4.74 Å². The Morgan fingerprint density at radius 3 is 2.09 bits per heavy atom. The van der Waals surface area contributed by atoms with Crippen LogP contribution in [0, 0.1) is 11.8 Å². The van der Waals surface area contributed by atoms with Crippen LogP contribution in [0.1, 0.15) is 103 Å². The van der Waals surface area contributed by atoms with Gasteiger partial charge in [-0.05, 0) is 67.0 Å². The van der Waals surface area contributed by atoms with Crippen molar-refractivity contribution in [2.75, 3.05) is 6.61 Å². The number of pyridine rings is 1. The number of aryl methyl sites for hydroxylation is 1. The smallest absolute Gasteiger partial charge is 0.119 e. The molecule has 2 nitrogen and oxygen atoms in total. The standard InChI is InChI=1S/C30H45NO/c1-3-5-7-9-23-32-29-20-18-28(19-21-29)30-22-17-27(24-31-30)16-15-26-13-11-25(12-14-26)10-8-6-4-2/h17-22,24-26H,3-16,23H2,1-2H3. The molecule has 0 atom stereocenters. The van der Waals surface area contributed by atoms with Crippen LogP contribution in [-0.4, -0.2) is 11.6 Å². The number of unbranched alkanes of at least 4 members (excludes halogenated alkanes) is 5. The summed E-state index contributed by atoms with van der Waals surface area (Å²) in [6.07, 6.45) is 21.0. The van der Waals surface area contributed by atoms with Crippen molar-refractivity contribution in [2.45, 2.75) is 104 Å². The van der Waals surface area contributed by atoms with Gasteiger partial charge in [-0.3, -0.25) is 4.98 Å². The molecule has 176 valence electrons. The van der Waals surface area contributed by atoms with Crippen LogP contribution in [0.25, 0.3) is 11.3 Å². The SMILES string of the molecule is CCCCCCOc1ccc(-c2ccc(CCC3CCC(CCCCC)CC3)cn2)cc1. The highest BCUT2D eigenvalue weighted by Gasteiger charge is 2.20. The Hall–Kier alpha value is -1.83. The van der Waals surface area contributed by atoms with Gasteiger partial charge in [-0.25, -0.2) is 0 Å². The minimum absolute atomic E-state index is 0.812. The Kier molecular flexibility index (Phi) is 11.1. The molecule has 0 amide bonds. The second-order valence-corrected chi connectivity index (χ2v) is 9.91. The maximum absolute atomic E-state index is 5.86. The summed E-state index contributed by atoms with van der Waals surface area (Å²) in [7, 11) is 0. The molecule has 0 bridgehead atoms. The molecule has 1 aromatic heterocycles. The van der Waals surface area contributed by atoms with E-state index >= 15 is 0 Å². The van der Waals surface area contributed by atoms with Crippen molar-refractivity contribution < 1.29 is 4.74 Å². The number of rotatable bonds is 14. The zero-order valence-corrected chi connectivity index (χ0v) is 20.7. The molecule has 1 aliphatic rings. The fourth-order valence-corrected chi connectivity index (χ4v) is 5.05. The first-order valence-electron chi connectivity index (χ1n) is 13.5. The average molecular weight is 436 g/mol. The van der Waals surface area contributed by atoms with Crippen LogP contribution in [0.4, 0.5) is 0 Å². The van der Waals surface area contributed by atoms with E-state index in [0.717, 1.165) is 41.9 Å².